The molecule has 1 amide bonds. The number of nitrogens with zero attached hydrogens (tertiary/aromatic N) is 3. The number of sulfonamides is 1. The van der Waals surface area contributed by atoms with Gasteiger partial charge in [0.05, 0.1) is 28.1 Å². The molecule has 2 heterocycles. The molecule has 1 aromatic heterocycles. The molecule has 1 atom stereocenters. The predicted molar refractivity (Wildman–Crippen MR) is 121 cm³/mol. The Labute approximate surface area is 185 Å². The van der Waals surface area contributed by atoms with Crippen molar-refractivity contribution in [1.29, 1.82) is 0 Å². The monoisotopic (exact) mass is 459 g/mol. The van der Waals surface area contributed by atoms with Crippen LogP contribution in [0, 0.1) is 12.8 Å². The van der Waals surface area contributed by atoms with Crippen LogP contribution in [0.1, 0.15) is 18.4 Å². The third-order valence-electron chi connectivity index (χ3n) is 5.61. The number of thiazole rings is 1. The van der Waals surface area contributed by atoms with Crippen molar-refractivity contribution >= 4 is 37.5 Å². The van der Waals surface area contributed by atoms with Crippen LogP contribution in [-0.2, 0) is 21.9 Å². The largest absolute Gasteiger partial charge is 0.497 e. The lowest BCUT2D eigenvalue weighted by molar-refractivity contribution is -0.122. The molecule has 3 aromatic rings. The molecule has 1 fully saturated rings. The Hall–Kier alpha value is -2.49. The van der Waals surface area contributed by atoms with E-state index in [9.17, 15) is 13.2 Å². The van der Waals surface area contributed by atoms with Crippen molar-refractivity contribution in [3.05, 3.63) is 52.8 Å². The number of amides is 1. The standard InChI is InChI=1S/C22H25N3O4S2/c1-15-6-9-18(10-7-15)31(27,28)25-12-4-5-16(14-25)21(26)23-22-24(2)19-11-8-17(29-3)13-20(19)30-22/h6-11,13,16H,4-5,12,14H2,1-3H3. The number of carbonyl (C=O) groups excluding carboxylic acids is 1. The second-order valence-corrected chi connectivity index (χ2v) is 10.7. The summed E-state index contributed by atoms with van der Waals surface area (Å²) in [6, 6.07) is 12.5. The van der Waals surface area contributed by atoms with E-state index in [1.54, 1.807) is 31.4 Å². The second-order valence-electron chi connectivity index (χ2n) is 7.74. The first-order valence-corrected chi connectivity index (χ1v) is 12.3. The molecule has 1 aliphatic heterocycles. The van der Waals surface area contributed by atoms with Gasteiger partial charge in [-0.2, -0.15) is 9.30 Å². The highest BCUT2D eigenvalue weighted by atomic mass is 32.2. The summed E-state index contributed by atoms with van der Waals surface area (Å²) in [6.45, 7) is 2.48. The maximum atomic E-state index is 13.0. The molecule has 1 saturated heterocycles. The van der Waals surface area contributed by atoms with Crippen LogP contribution >= 0.6 is 11.3 Å². The maximum Gasteiger partial charge on any atom is 0.252 e. The summed E-state index contributed by atoms with van der Waals surface area (Å²) >= 11 is 1.41. The van der Waals surface area contributed by atoms with Gasteiger partial charge in [0.2, 0.25) is 10.0 Å². The molecule has 2 aromatic carbocycles. The molecule has 0 aliphatic carbocycles. The Morgan fingerprint density at radius 1 is 1.19 bits per heavy atom. The molecule has 31 heavy (non-hydrogen) atoms. The van der Waals surface area contributed by atoms with Crippen molar-refractivity contribution in [1.82, 2.24) is 8.87 Å². The number of ether oxygens (including phenoxy) is 1. The van der Waals surface area contributed by atoms with Gasteiger partial charge in [0.15, 0.2) is 4.80 Å². The lowest BCUT2D eigenvalue weighted by Gasteiger charge is -2.30. The molecule has 0 spiro atoms. The third-order valence-corrected chi connectivity index (χ3v) is 8.59. The maximum absolute atomic E-state index is 13.0. The lowest BCUT2D eigenvalue weighted by atomic mass is 9.99. The van der Waals surface area contributed by atoms with Gasteiger partial charge in [-0.3, -0.25) is 4.79 Å². The minimum atomic E-state index is -3.63. The number of fused-ring (bicyclic) bond motifs is 1. The van der Waals surface area contributed by atoms with E-state index in [4.69, 9.17) is 4.74 Å². The summed E-state index contributed by atoms with van der Waals surface area (Å²) in [6.07, 6.45) is 1.26. The zero-order valence-corrected chi connectivity index (χ0v) is 19.4. The highest BCUT2D eigenvalue weighted by Gasteiger charge is 2.33. The van der Waals surface area contributed by atoms with Crippen LogP contribution in [0.2, 0.25) is 0 Å². The number of methoxy groups -OCH3 is 1. The number of benzene rings is 2. The quantitative estimate of drug-likeness (QED) is 0.601. The van der Waals surface area contributed by atoms with Gasteiger partial charge < -0.3 is 9.30 Å². The Bertz CT molecular complexity index is 1290. The Kier molecular flexibility index (Phi) is 6.00. The molecule has 7 nitrogen and oxygen atoms in total. The summed E-state index contributed by atoms with van der Waals surface area (Å²) < 4.78 is 35.6. The molecule has 1 unspecified atom stereocenters. The highest BCUT2D eigenvalue weighted by Crippen LogP contribution is 2.26. The zero-order valence-electron chi connectivity index (χ0n) is 17.7. The van der Waals surface area contributed by atoms with Crippen LogP contribution < -0.4 is 9.54 Å². The van der Waals surface area contributed by atoms with Crippen LogP contribution in [0.4, 0.5) is 0 Å². The first kappa shape index (κ1) is 21.7. The fraction of sp³-hybridized carbons (Fsp3) is 0.364. The van der Waals surface area contributed by atoms with Crippen LogP contribution in [-0.4, -0.2) is 43.4 Å². The van der Waals surface area contributed by atoms with Gasteiger partial charge in [0, 0.05) is 20.1 Å². The smallest absolute Gasteiger partial charge is 0.252 e. The Morgan fingerprint density at radius 2 is 1.94 bits per heavy atom. The summed E-state index contributed by atoms with van der Waals surface area (Å²) in [7, 11) is -0.150. The summed E-state index contributed by atoms with van der Waals surface area (Å²) in [5, 5.41) is 0. The van der Waals surface area contributed by atoms with E-state index in [1.807, 2.05) is 36.7 Å². The van der Waals surface area contributed by atoms with Crippen LogP contribution in [0.15, 0.2) is 52.4 Å². The molecule has 4 rings (SSSR count). The zero-order chi connectivity index (χ0) is 22.2. The van der Waals surface area contributed by atoms with E-state index in [0.29, 0.717) is 24.2 Å². The molecule has 9 heteroatoms. The fourth-order valence-electron chi connectivity index (χ4n) is 3.76. The molecular weight excluding hydrogens is 434 g/mol. The van der Waals surface area contributed by atoms with Gasteiger partial charge in [0.25, 0.3) is 5.91 Å². The first-order chi connectivity index (χ1) is 14.8. The average molecular weight is 460 g/mol. The number of carbonyl (C=O) groups is 1. The second kappa shape index (κ2) is 8.57. The molecule has 0 N–H and O–H groups in total. The topological polar surface area (TPSA) is 81.0 Å². The number of piperidine rings is 1. The number of hydrogen-bond donors (Lipinski definition) is 0. The lowest BCUT2D eigenvalue weighted by Crippen LogP contribution is -2.42. The normalized spacial score (nSPS) is 18.4. The van der Waals surface area contributed by atoms with Crippen molar-refractivity contribution in [2.24, 2.45) is 18.0 Å². The van der Waals surface area contributed by atoms with Gasteiger partial charge in [0.1, 0.15) is 5.75 Å². The molecule has 0 saturated carbocycles. The van der Waals surface area contributed by atoms with Gasteiger partial charge >= 0.3 is 0 Å². The van der Waals surface area contributed by atoms with Gasteiger partial charge in [-0.25, -0.2) is 8.42 Å². The number of aryl methyl sites for hydroxylation is 2. The van der Waals surface area contributed by atoms with Gasteiger partial charge in [-0.15, -0.1) is 0 Å². The molecule has 0 radical (unpaired) electrons. The van der Waals surface area contributed by atoms with E-state index < -0.39 is 15.9 Å². The van der Waals surface area contributed by atoms with Crippen molar-refractivity contribution < 1.29 is 17.9 Å². The van der Waals surface area contributed by atoms with E-state index in [-0.39, 0.29) is 17.3 Å². The summed E-state index contributed by atoms with van der Waals surface area (Å²) in [4.78, 5) is 18.2. The SMILES string of the molecule is COc1ccc2c(c1)sc(=NC(=O)C1CCCN(S(=O)(=O)c3ccc(C)cc3)C1)n2C. The summed E-state index contributed by atoms with van der Waals surface area (Å²) in [5.74, 6) is 0.0168. The highest BCUT2D eigenvalue weighted by molar-refractivity contribution is 7.89. The minimum absolute atomic E-state index is 0.154. The summed E-state index contributed by atoms with van der Waals surface area (Å²) in [5.41, 5.74) is 1.96. The van der Waals surface area contributed by atoms with E-state index in [1.165, 1.54) is 15.6 Å². The van der Waals surface area contributed by atoms with Crippen LogP contribution in [0.3, 0.4) is 0 Å². The third kappa shape index (κ3) is 4.30. The Morgan fingerprint density at radius 3 is 2.65 bits per heavy atom. The van der Waals surface area contributed by atoms with Gasteiger partial charge in [-0.05, 0) is 50.1 Å². The van der Waals surface area contributed by atoms with Crippen molar-refractivity contribution in [2.75, 3.05) is 20.2 Å². The van der Waals surface area contributed by atoms with Crippen LogP contribution in [0.25, 0.3) is 10.2 Å². The minimum Gasteiger partial charge on any atom is -0.497 e. The Balaban J connectivity index is 1.59. The van der Waals surface area contributed by atoms with Crippen LogP contribution in [0.5, 0.6) is 5.75 Å². The van der Waals surface area contributed by atoms with E-state index in [2.05, 4.69) is 4.99 Å². The molecular formula is C22H25N3O4S2. The van der Waals surface area contributed by atoms with Crippen molar-refractivity contribution in [3.8, 4) is 5.75 Å². The average Bonchev–Trinajstić information content (AvgIpc) is 3.08. The number of aromatic nitrogens is 1. The fourth-order valence-corrected chi connectivity index (χ4v) is 6.33. The number of hydrogen-bond acceptors (Lipinski definition) is 5. The first-order valence-electron chi connectivity index (χ1n) is 10.1. The van der Waals surface area contributed by atoms with E-state index >= 15 is 0 Å². The predicted octanol–water partition coefficient (Wildman–Crippen LogP) is 3.09. The van der Waals surface area contributed by atoms with Crippen molar-refractivity contribution in [2.45, 2.75) is 24.7 Å². The molecule has 0 bridgehead atoms. The van der Waals surface area contributed by atoms with E-state index in [0.717, 1.165) is 21.5 Å². The molecule has 1 aliphatic rings. The van der Waals surface area contributed by atoms with Crippen molar-refractivity contribution in [3.63, 3.8) is 0 Å². The molecule has 164 valence electrons. The number of rotatable bonds is 4. The van der Waals surface area contributed by atoms with Gasteiger partial charge in [-0.1, -0.05) is 29.0 Å².